The van der Waals surface area contributed by atoms with Crippen molar-refractivity contribution in [3.05, 3.63) is 71.8 Å². The average Bonchev–Trinajstić information content (AvgIpc) is 3.18. The van der Waals surface area contributed by atoms with Gasteiger partial charge >= 0.3 is 0 Å². The zero-order valence-electron chi connectivity index (χ0n) is 21.0. The van der Waals surface area contributed by atoms with Crippen molar-refractivity contribution >= 4 is 17.7 Å². The first-order valence-electron chi connectivity index (χ1n) is 12.5. The van der Waals surface area contributed by atoms with Crippen molar-refractivity contribution in [2.75, 3.05) is 26.2 Å². The summed E-state index contributed by atoms with van der Waals surface area (Å²) in [5.74, 6) is -0.729. The molecule has 2 aromatic rings. The molecule has 2 aliphatic heterocycles. The standard InChI is InChI=1S/C28H36N4O4/c1-27(2,29)25(34)31-23(18-36-17-20-10-5-3-6-11-20)24(33)32-15-9-14-28(19-32)22(16-30-26(28)35)21-12-7-4-8-13-21/h3-8,10-13,22-23H,9,14-19,29H2,1-2H3,(H,30,35)(H,31,34)/t22?,23?,28-/m0/s1. The Morgan fingerprint density at radius 1 is 1.17 bits per heavy atom. The van der Waals surface area contributed by atoms with E-state index in [9.17, 15) is 14.4 Å². The largest absolute Gasteiger partial charge is 0.374 e. The summed E-state index contributed by atoms with van der Waals surface area (Å²) in [5.41, 5.74) is 6.21. The van der Waals surface area contributed by atoms with E-state index in [1.807, 2.05) is 60.7 Å². The van der Waals surface area contributed by atoms with Crippen molar-refractivity contribution in [2.24, 2.45) is 11.1 Å². The molecular weight excluding hydrogens is 456 g/mol. The number of rotatable bonds is 8. The molecule has 4 rings (SSSR count). The van der Waals surface area contributed by atoms with E-state index in [0.717, 1.165) is 11.1 Å². The first kappa shape index (κ1) is 25.9. The Hall–Kier alpha value is -3.23. The van der Waals surface area contributed by atoms with E-state index in [1.165, 1.54) is 0 Å². The normalized spacial score (nSPS) is 22.8. The third-order valence-electron chi connectivity index (χ3n) is 7.21. The Kier molecular flexibility index (Phi) is 7.76. The number of nitrogens with one attached hydrogen (secondary N) is 2. The number of amides is 3. The number of benzene rings is 2. The number of ether oxygens (including phenoxy) is 1. The topological polar surface area (TPSA) is 114 Å². The van der Waals surface area contributed by atoms with Gasteiger partial charge in [0, 0.05) is 25.6 Å². The number of hydrogen-bond donors (Lipinski definition) is 3. The minimum atomic E-state index is -1.15. The zero-order chi connectivity index (χ0) is 25.8. The van der Waals surface area contributed by atoms with Crippen LogP contribution in [0.5, 0.6) is 0 Å². The molecule has 4 N–H and O–H groups in total. The Morgan fingerprint density at radius 2 is 1.83 bits per heavy atom. The fourth-order valence-electron chi connectivity index (χ4n) is 5.20. The van der Waals surface area contributed by atoms with Gasteiger partial charge in [0.05, 0.1) is 24.2 Å². The average molecular weight is 493 g/mol. The van der Waals surface area contributed by atoms with Gasteiger partial charge in [-0.05, 0) is 37.8 Å². The molecule has 0 aromatic heterocycles. The van der Waals surface area contributed by atoms with Crippen LogP contribution in [0.3, 0.4) is 0 Å². The van der Waals surface area contributed by atoms with Crippen LogP contribution in [0, 0.1) is 5.41 Å². The minimum absolute atomic E-state index is 0.00730. The zero-order valence-corrected chi connectivity index (χ0v) is 21.0. The summed E-state index contributed by atoms with van der Waals surface area (Å²) >= 11 is 0. The van der Waals surface area contributed by atoms with Crippen LogP contribution in [-0.2, 0) is 25.7 Å². The van der Waals surface area contributed by atoms with Crippen LogP contribution in [0.25, 0.3) is 0 Å². The number of hydrogen-bond acceptors (Lipinski definition) is 5. The molecular formula is C28H36N4O4. The maximum Gasteiger partial charge on any atom is 0.247 e. The molecule has 3 amide bonds. The Labute approximate surface area is 212 Å². The van der Waals surface area contributed by atoms with E-state index in [0.29, 0.717) is 39.1 Å². The van der Waals surface area contributed by atoms with Crippen molar-refractivity contribution < 1.29 is 19.1 Å². The third-order valence-corrected chi connectivity index (χ3v) is 7.21. The highest BCUT2D eigenvalue weighted by Crippen LogP contribution is 2.46. The lowest BCUT2D eigenvalue weighted by Gasteiger charge is -2.43. The Bertz CT molecular complexity index is 1070. The molecule has 0 saturated carbocycles. The van der Waals surface area contributed by atoms with E-state index < -0.39 is 22.9 Å². The number of nitrogens with two attached hydrogens (primary N) is 1. The van der Waals surface area contributed by atoms with E-state index in [2.05, 4.69) is 10.6 Å². The van der Waals surface area contributed by atoms with Gasteiger partial charge in [0.2, 0.25) is 17.7 Å². The van der Waals surface area contributed by atoms with Crippen molar-refractivity contribution in [3.8, 4) is 0 Å². The van der Waals surface area contributed by atoms with E-state index in [4.69, 9.17) is 10.5 Å². The van der Waals surface area contributed by atoms with Gasteiger partial charge in [-0.15, -0.1) is 0 Å². The van der Waals surface area contributed by atoms with Gasteiger partial charge in [-0.25, -0.2) is 0 Å². The van der Waals surface area contributed by atoms with Crippen LogP contribution < -0.4 is 16.4 Å². The predicted octanol–water partition coefficient (Wildman–Crippen LogP) is 1.95. The van der Waals surface area contributed by atoms with Gasteiger partial charge in [0.15, 0.2) is 0 Å². The van der Waals surface area contributed by atoms with Gasteiger partial charge in [0.25, 0.3) is 0 Å². The first-order valence-corrected chi connectivity index (χ1v) is 12.5. The van der Waals surface area contributed by atoms with Crippen LogP contribution in [0.2, 0.25) is 0 Å². The molecule has 8 nitrogen and oxygen atoms in total. The van der Waals surface area contributed by atoms with Crippen molar-refractivity contribution in [1.29, 1.82) is 0 Å². The number of carbonyl (C=O) groups is 3. The SMILES string of the molecule is CC(C)(N)C(=O)NC(COCc1ccccc1)C(=O)N1CCC[C@@]2(C1)C(=O)NCC2c1ccccc1. The molecule has 2 aromatic carbocycles. The van der Waals surface area contributed by atoms with Crippen LogP contribution >= 0.6 is 0 Å². The highest BCUT2D eigenvalue weighted by Gasteiger charge is 2.53. The molecule has 2 aliphatic rings. The second kappa shape index (κ2) is 10.8. The van der Waals surface area contributed by atoms with E-state index >= 15 is 0 Å². The molecule has 192 valence electrons. The monoisotopic (exact) mass is 492 g/mol. The van der Waals surface area contributed by atoms with Crippen molar-refractivity contribution in [1.82, 2.24) is 15.5 Å². The smallest absolute Gasteiger partial charge is 0.247 e. The minimum Gasteiger partial charge on any atom is -0.374 e. The maximum atomic E-state index is 13.8. The lowest BCUT2D eigenvalue weighted by molar-refractivity contribution is -0.145. The molecule has 1 spiro atoms. The first-order chi connectivity index (χ1) is 17.2. The molecule has 0 radical (unpaired) electrons. The summed E-state index contributed by atoms with van der Waals surface area (Å²) in [6, 6.07) is 18.7. The Balaban J connectivity index is 1.52. The summed E-state index contributed by atoms with van der Waals surface area (Å²) in [7, 11) is 0. The Morgan fingerprint density at radius 3 is 2.50 bits per heavy atom. The maximum absolute atomic E-state index is 13.8. The van der Waals surface area contributed by atoms with Crippen LogP contribution in [0.15, 0.2) is 60.7 Å². The molecule has 2 unspecified atom stereocenters. The lowest BCUT2D eigenvalue weighted by atomic mass is 9.69. The molecule has 2 fully saturated rings. The second-order valence-electron chi connectivity index (χ2n) is 10.4. The van der Waals surface area contributed by atoms with Gasteiger partial charge in [0.1, 0.15) is 6.04 Å². The molecule has 3 atom stereocenters. The number of nitrogens with zero attached hydrogens (tertiary/aromatic N) is 1. The van der Waals surface area contributed by atoms with E-state index in [-0.39, 0.29) is 24.3 Å². The summed E-state index contributed by atoms with van der Waals surface area (Å²) in [5, 5.41) is 5.83. The van der Waals surface area contributed by atoms with Crippen molar-refractivity contribution in [3.63, 3.8) is 0 Å². The lowest BCUT2D eigenvalue weighted by Crippen LogP contribution is -2.60. The van der Waals surface area contributed by atoms with Crippen molar-refractivity contribution in [2.45, 2.75) is 50.8 Å². The molecule has 0 aliphatic carbocycles. The molecule has 2 heterocycles. The summed E-state index contributed by atoms with van der Waals surface area (Å²) in [4.78, 5) is 41.3. The molecule has 8 heteroatoms. The van der Waals surface area contributed by atoms with E-state index in [1.54, 1.807) is 18.7 Å². The molecule has 36 heavy (non-hydrogen) atoms. The number of piperidine rings is 1. The quantitative estimate of drug-likeness (QED) is 0.521. The summed E-state index contributed by atoms with van der Waals surface area (Å²) < 4.78 is 5.85. The van der Waals surface area contributed by atoms with Gasteiger partial charge < -0.3 is 26.0 Å². The van der Waals surface area contributed by atoms with Gasteiger partial charge in [-0.1, -0.05) is 60.7 Å². The summed E-state index contributed by atoms with van der Waals surface area (Å²) in [6.07, 6.45) is 1.41. The molecule has 2 saturated heterocycles. The fraction of sp³-hybridized carbons (Fsp3) is 0.464. The van der Waals surface area contributed by atoms with Crippen LogP contribution in [0.1, 0.15) is 43.7 Å². The fourth-order valence-corrected chi connectivity index (χ4v) is 5.20. The summed E-state index contributed by atoms with van der Waals surface area (Å²) in [6.45, 7) is 4.88. The highest BCUT2D eigenvalue weighted by atomic mass is 16.5. The van der Waals surface area contributed by atoms with Gasteiger partial charge in [-0.3, -0.25) is 14.4 Å². The van der Waals surface area contributed by atoms with Crippen LogP contribution in [-0.4, -0.2) is 60.4 Å². The number of carbonyl (C=O) groups excluding carboxylic acids is 3. The number of likely N-dealkylation sites (tertiary alicyclic amines) is 1. The predicted molar refractivity (Wildman–Crippen MR) is 137 cm³/mol. The third kappa shape index (κ3) is 5.60. The van der Waals surface area contributed by atoms with Gasteiger partial charge in [-0.2, -0.15) is 0 Å². The second-order valence-corrected chi connectivity index (χ2v) is 10.4. The highest BCUT2D eigenvalue weighted by molar-refractivity contribution is 5.92. The molecule has 0 bridgehead atoms. The van der Waals surface area contributed by atoms with Crippen LogP contribution in [0.4, 0.5) is 0 Å².